The number of carbonyl (C=O) groups is 1. The molecule has 0 unspecified atom stereocenters. The number of hydrogen-bond acceptors (Lipinski definition) is 3. The molecule has 1 N–H and O–H groups in total. The van der Waals surface area contributed by atoms with Gasteiger partial charge in [-0.3, -0.25) is 4.79 Å². The Morgan fingerprint density at radius 2 is 1.85 bits per heavy atom. The molecule has 0 saturated heterocycles. The Morgan fingerprint density at radius 1 is 1.08 bits per heavy atom. The smallest absolute Gasteiger partial charge is 0.228 e. The van der Waals surface area contributed by atoms with Crippen LogP contribution in [0.25, 0.3) is 10.9 Å². The number of anilines is 1. The molecule has 0 atom stereocenters. The van der Waals surface area contributed by atoms with Crippen LogP contribution in [0.5, 0.6) is 5.75 Å². The zero-order chi connectivity index (χ0) is 18.4. The number of fused-ring (bicyclic) bond motifs is 1. The fraction of sp³-hybridized carbons (Fsp3) is 0.286. The van der Waals surface area contributed by atoms with Crippen molar-refractivity contribution in [2.24, 2.45) is 7.05 Å². The van der Waals surface area contributed by atoms with Gasteiger partial charge in [0.05, 0.1) is 18.7 Å². The molecule has 3 aromatic rings. The molecule has 0 spiro atoms. The van der Waals surface area contributed by atoms with Crippen LogP contribution in [0.15, 0.2) is 54.7 Å². The maximum Gasteiger partial charge on any atom is 0.228 e. The van der Waals surface area contributed by atoms with Gasteiger partial charge in [0.15, 0.2) is 0 Å². The Bertz CT molecular complexity index is 886. The Balaban J connectivity index is 1.68. The fourth-order valence-corrected chi connectivity index (χ4v) is 3.01. The Labute approximate surface area is 153 Å². The largest absolute Gasteiger partial charge is 0.491 e. The average Bonchev–Trinajstić information content (AvgIpc) is 2.96. The number of nitrogens with zero attached hydrogens (tertiary/aromatic N) is 1. The molecule has 0 radical (unpaired) electrons. The van der Waals surface area contributed by atoms with Gasteiger partial charge in [0.1, 0.15) is 5.75 Å². The molecular weight excluding hydrogens is 328 g/mol. The van der Waals surface area contributed by atoms with Crippen molar-refractivity contribution in [1.82, 2.24) is 4.57 Å². The van der Waals surface area contributed by atoms with Crippen LogP contribution in [-0.4, -0.2) is 30.8 Å². The minimum absolute atomic E-state index is 0.0608. The third-order valence-corrected chi connectivity index (χ3v) is 4.24. The van der Waals surface area contributed by atoms with Gasteiger partial charge in [-0.05, 0) is 23.8 Å². The number of benzene rings is 2. The fourth-order valence-electron chi connectivity index (χ4n) is 3.01. The summed E-state index contributed by atoms with van der Waals surface area (Å²) in [4.78, 5) is 12.6. The van der Waals surface area contributed by atoms with Gasteiger partial charge >= 0.3 is 0 Å². The Kier molecular flexibility index (Phi) is 5.92. The molecule has 0 aliphatic rings. The number of hydrogen-bond donors (Lipinski definition) is 1. The number of aryl methyl sites for hydroxylation is 1. The van der Waals surface area contributed by atoms with E-state index in [2.05, 4.69) is 11.4 Å². The minimum atomic E-state index is -0.0608. The van der Waals surface area contributed by atoms with Crippen LogP contribution in [0.2, 0.25) is 0 Å². The van der Waals surface area contributed by atoms with E-state index < -0.39 is 0 Å². The van der Waals surface area contributed by atoms with Crippen LogP contribution in [0.1, 0.15) is 12.0 Å². The maximum absolute atomic E-state index is 12.6. The van der Waals surface area contributed by atoms with Crippen molar-refractivity contribution >= 4 is 22.5 Å². The highest BCUT2D eigenvalue weighted by molar-refractivity contribution is 5.96. The van der Waals surface area contributed by atoms with Crippen LogP contribution in [-0.2, 0) is 23.0 Å². The summed E-state index contributed by atoms with van der Waals surface area (Å²) in [6, 6.07) is 15.6. The van der Waals surface area contributed by atoms with Crippen molar-refractivity contribution in [3.8, 4) is 5.75 Å². The summed E-state index contributed by atoms with van der Waals surface area (Å²) in [5.41, 5.74) is 2.83. The van der Waals surface area contributed by atoms with E-state index in [9.17, 15) is 4.79 Å². The molecule has 0 aliphatic carbocycles. The molecular formula is C21H24N2O3. The van der Waals surface area contributed by atoms with E-state index in [-0.39, 0.29) is 5.91 Å². The van der Waals surface area contributed by atoms with Gasteiger partial charge < -0.3 is 19.4 Å². The van der Waals surface area contributed by atoms with Crippen molar-refractivity contribution in [2.45, 2.75) is 12.8 Å². The maximum atomic E-state index is 12.6. The van der Waals surface area contributed by atoms with Crippen LogP contribution in [0, 0.1) is 0 Å². The first-order chi connectivity index (χ1) is 12.7. The van der Waals surface area contributed by atoms with Gasteiger partial charge in [-0.2, -0.15) is 0 Å². The van der Waals surface area contributed by atoms with E-state index in [1.807, 2.05) is 60.3 Å². The van der Waals surface area contributed by atoms with Gasteiger partial charge in [-0.15, -0.1) is 0 Å². The van der Waals surface area contributed by atoms with Gasteiger partial charge in [0, 0.05) is 44.3 Å². The van der Waals surface area contributed by atoms with Gasteiger partial charge in [0.2, 0.25) is 5.91 Å². The number of nitrogens with one attached hydrogen (secondary N) is 1. The SMILES string of the molecule is COCCCOc1ccccc1NC(=O)Cc1cn(C)c2ccccc12. The van der Waals surface area contributed by atoms with E-state index in [0.29, 0.717) is 31.1 Å². The summed E-state index contributed by atoms with van der Waals surface area (Å²) in [5.74, 6) is 0.615. The third kappa shape index (κ3) is 4.24. The number of methoxy groups -OCH3 is 1. The van der Waals surface area contributed by atoms with E-state index in [1.165, 1.54) is 0 Å². The quantitative estimate of drug-likeness (QED) is 0.628. The Morgan fingerprint density at radius 3 is 2.69 bits per heavy atom. The molecule has 0 saturated carbocycles. The summed E-state index contributed by atoms with van der Waals surface area (Å²) in [5, 5.41) is 4.08. The summed E-state index contributed by atoms with van der Waals surface area (Å²) < 4.78 is 12.8. The number of carbonyl (C=O) groups excluding carboxylic acids is 1. The predicted octanol–water partition coefficient (Wildman–Crippen LogP) is 3.77. The second kappa shape index (κ2) is 8.54. The first kappa shape index (κ1) is 18.0. The van der Waals surface area contributed by atoms with Crippen molar-refractivity contribution in [2.75, 3.05) is 25.6 Å². The van der Waals surface area contributed by atoms with Crippen molar-refractivity contribution in [3.05, 3.63) is 60.3 Å². The lowest BCUT2D eigenvalue weighted by atomic mass is 10.1. The van der Waals surface area contributed by atoms with Crippen molar-refractivity contribution in [3.63, 3.8) is 0 Å². The molecule has 0 aliphatic heterocycles. The molecule has 0 fully saturated rings. The molecule has 3 rings (SSSR count). The topological polar surface area (TPSA) is 52.5 Å². The van der Waals surface area contributed by atoms with Crippen LogP contribution in [0.3, 0.4) is 0 Å². The molecule has 136 valence electrons. The van der Waals surface area contributed by atoms with Gasteiger partial charge in [0.25, 0.3) is 0 Å². The summed E-state index contributed by atoms with van der Waals surface area (Å²) in [7, 11) is 3.66. The molecule has 1 aromatic heterocycles. The molecule has 1 heterocycles. The highest BCUT2D eigenvalue weighted by Crippen LogP contribution is 2.25. The monoisotopic (exact) mass is 352 g/mol. The van der Waals surface area contributed by atoms with Crippen LogP contribution >= 0.6 is 0 Å². The molecule has 2 aromatic carbocycles. The number of amides is 1. The molecule has 1 amide bonds. The standard InChI is InChI=1S/C21H24N2O3/c1-23-15-16(17-8-3-5-10-19(17)23)14-21(24)22-18-9-4-6-11-20(18)26-13-7-12-25-2/h3-6,8-11,15H,7,12-14H2,1-2H3,(H,22,24). The third-order valence-electron chi connectivity index (χ3n) is 4.24. The number of aromatic nitrogens is 1. The van der Waals surface area contributed by atoms with E-state index in [0.717, 1.165) is 22.9 Å². The van der Waals surface area contributed by atoms with Gasteiger partial charge in [-0.1, -0.05) is 30.3 Å². The van der Waals surface area contributed by atoms with Crippen molar-refractivity contribution in [1.29, 1.82) is 0 Å². The molecule has 5 heteroatoms. The molecule has 0 bridgehead atoms. The van der Waals surface area contributed by atoms with Crippen LogP contribution in [0.4, 0.5) is 5.69 Å². The Hall–Kier alpha value is -2.79. The molecule has 26 heavy (non-hydrogen) atoms. The summed E-state index contributed by atoms with van der Waals surface area (Å²) >= 11 is 0. The first-order valence-corrected chi connectivity index (χ1v) is 8.72. The highest BCUT2D eigenvalue weighted by Gasteiger charge is 2.12. The number of rotatable bonds is 8. The zero-order valence-corrected chi connectivity index (χ0v) is 15.2. The van der Waals surface area contributed by atoms with Crippen molar-refractivity contribution < 1.29 is 14.3 Å². The normalized spacial score (nSPS) is 10.8. The predicted molar refractivity (Wildman–Crippen MR) is 104 cm³/mol. The minimum Gasteiger partial charge on any atom is -0.491 e. The first-order valence-electron chi connectivity index (χ1n) is 8.72. The van der Waals surface area contributed by atoms with Crippen LogP contribution < -0.4 is 10.1 Å². The highest BCUT2D eigenvalue weighted by atomic mass is 16.5. The zero-order valence-electron chi connectivity index (χ0n) is 15.2. The summed E-state index contributed by atoms with van der Waals surface area (Å²) in [6.45, 7) is 1.19. The van der Waals surface area contributed by atoms with E-state index >= 15 is 0 Å². The lowest BCUT2D eigenvalue weighted by Gasteiger charge is -2.12. The summed E-state index contributed by atoms with van der Waals surface area (Å²) in [6.07, 6.45) is 3.13. The molecule has 5 nitrogen and oxygen atoms in total. The average molecular weight is 352 g/mol. The second-order valence-electron chi connectivity index (χ2n) is 6.20. The lowest BCUT2D eigenvalue weighted by Crippen LogP contribution is -2.15. The van der Waals surface area contributed by atoms with Gasteiger partial charge in [-0.25, -0.2) is 0 Å². The number of ether oxygens (including phenoxy) is 2. The van der Waals surface area contributed by atoms with E-state index in [1.54, 1.807) is 7.11 Å². The number of para-hydroxylation sites is 3. The van der Waals surface area contributed by atoms with E-state index in [4.69, 9.17) is 9.47 Å². The lowest BCUT2D eigenvalue weighted by molar-refractivity contribution is -0.115. The second-order valence-corrected chi connectivity index (χ2v) is 6.20.